The van der Waals surface area contributed by atoms with Gasteiger partial charge in [-0.05, 0) is 19.1 Å². The highest BCUT2D eigenvalue weighted by Gasteiger charge is 2.52. The first-order valence-corrected chi connectivity index (χ1v) is 7.93. The Labute approximate surface area is 116 Å². The third-order valence-electron chi connectivity index (χ3n) is 3.64. The van der Waals surface area contributed by atoms with Gasteiger partial charge in [-0.2, -0.15) is 16.8 Å². The molecular formula is C12H19N3O3S. The summed E-state index contributed by atoms with van der Waals surface area (Å²) in [5.41, 5.74) is 1.63. The first-order chi connectivity index (χ1) is 9.09. The molecule has 2 N–H and O–H groups in total. The van der Waals surface area contributed by atoms with Crippen LogP contribution < -0.4 is 10.7 Å². The molecule has 7 heteroatoms. The molecule has 2 fully saturated rings. The van der Waals surface area contributed by atoms with Gasteiger partial charge in [-0.15, -0.1) is 0 Å². The molecule has 2 rings (SSSR count). The zero-order chi connectivity index (χ0) is 13.9. The van der Waals surface area contributed by atoms with Crippen LogP contribution in [0.25, 0.3) is 0 Å². The van der Waals surface area contributed by atoms with Crippen molar-refractivity contribution in [1.29, 1.82) is 0 Å². The fraction of sp³-hybridized carbons (Fsp3) is 0.750. The fourth-order valence-corrected chi connectivity index (χ4v) is 2.98. The van der Waals surface area contributed by atoms with Crippen LogP contribution in [0.3, 0.4) is 0 Å². The van der Waals surface area contributed by atoms with Crippen molar-refractivity contribution >= 4 is 29.6 Å². The van der Waals surface area contributed by atoms with Crippen molar-refractivity contribution in [3.05, 3.63) is 0 Å². The van der Waals surface area contributed by atoms with Crippen LogP contribution in [0.4, 0.5) is 4.79 Å². The normalized spacial score (nSPS) is 21.6. The number of hydrazine groups is 1. The molecule has 0 bridgehead atoms. The second-order valence-electron chi connectivity index (χ2n) is 4.99. The molecule has 19 heavy (non-hydrogen) atoms. The smallest absolute Gasteiger partial charge is 0.322 e. The van der Waals surface area contributed by atoms with Gasteiger partial charge in [0.2, 0.25) is 5.91 Å². The zero-order valence-electron chi connectivity index (χ0n) is 11.0. The molecule has 0 aromatic carbocycles. The van der Waals surface area contributed by atoms with Crippen LogP contribution in [0.5, 0.6) is 0 Å². The maximum absolute atomic E-state index is 12.3. The maximum atomic E-state index is 12.3. The lowest BCUT2D eigenvalue weighted by atomic mass is 9.82. The summed E-state index contributed by atoms with van der Waals surface area (Å²) in [6.45, 7) is 0. The molecule has 6 nitrogen and oxygen atoms in total. The molecular weight excluding hydrogens is 266 g/mol. The molecule has 0 radical (unpaired) electrons. The maximum Gasteiger partial charge on any atom is 0.344 e. The quantitative estimate of drug-likeness (QED) is 0.756. The van der Waals surface area contributed by atoms with E-state index >= 15 is 0 Å². The first-order valence-electron chi connectivity index (χ1n) is 6.54. The SMILES string of the molecule is CSCCC(=O)NN1C(=O)NC2(CCCCC2)C1=O. The van der Waals surface area contributed by atoms with Crippen LogP contribution in [0.2, 0.25) is 0 Å². The molecule has 0 aromatic rings. The number of hydrogen-bond donors (Lipinski definition) is 2. The summed E-state index contributed by atoms with van der Waals surface area (Å²) < 4.78 is 0. The van der Waals surface area contributed by atoms with Gasteiger partial charge in [0.1, 0.15) is 5.54 Å². The van der Waals surface area contributed by atoms with Crippen molar-refractivity contribution in [2.75, 3.05) is 12.0 Å². The summed E-state index contributed by atoms with van der Waals surface area (Å²) in [6.07, 6.45) is 6.47. The lowest BCUT2D eigenvalue weighted by molar-refractivity contribution is -0.139. The van der Waals surface area contributed by atoms with Crippen LogP contribution in [0, 0.1) is 0 Å². The minimum atomic E-state index is -0.776. The number of nitrogens with zero attached hydrogens (tertiary/aromatic N) is 1. The Kier molecular flexibility index (Phi) is 4.34. The van der Waals surface area contributed by atoms with Crippen molar-refractivity contribution in [2.24, 2.45) is 0 Å². The predicted molar refractivity (Wildman–Crippen MR) is 72.3 cm³/mol. The van der Waals surface area contributed by atoms with Gasteiger partial charge in [-0.1, -0.05) is 19.3 Å². The molecule has 1 aliphatic heterocycles. The molecule has 1 aliphatic carbocycles. The minimum absolute atomic E-state index is 0.297. The Hall–Kier alpha value is -1.24. The zero-order valence-corrected chi connectivity index (χ0v) is 11.8. The standard InChI is InChI=1S/C12H19N3O3S/c1-19-8-5-9(16)14-15-10(17)12(13-11(15)18)6-3-2-4-7-12/h2-8H2,1H3,(H,13,18)(H,14,16). The van der Waals surface area contributed by atoms with E-state index in [1.807, 2.05) is 6.26 Å². The van der Waals surface area contributed by atoms with Gasteiger partial charge in [0.25, 0.3) is 5.91 Å². The number of carbonyl (C=O) groups is 3. The number of carbonyl (C=O) groups excluding carboxylic acids is 3. The largest absolute Gasteiger partial charge is 0.344 e. The minimum Gasteiger partial charge on any atom is -0.322 e. The number of amides is 4. The van der Waals surface area contributed by atoms with Gasteiger partial charge in [-0.3, -0.25) is 15.0 Å². The molecule has 1 heterocycles. The first kappa shape index (κ1) is 14.2. The Balaban J connectivity index is 2.00. The average Bonchev–Trinajstić information content (AvgIpc) is 2.62. The highest BCUT2D eigenvalue weighted by molar-refractivity contribution is 7.98. The Morgan fingerprint density at radius 1 is 1.37 bits per heavy atom. The highest BCUT2D eigenvalue weighted by atomic mass is 32.2. The molecule has 0 atom stereocenters. The van der Waals surface area contributed by atoms with E-state index < -0.39 is 11.6 Å². The lowest BCUT2D eigenvalue weighted by Crippen LogP contribution is -2.51. The van der Waals surface area contributed by atoms with E-state index in [0.29, 0.717) is 25.0 Å². The third kappa shape index (κ3) is 2.86. The molecule has 0 unspecified atom stereocenters. The molecule has 4 amide bonds. The van der Waals surface area contributed by atoms with Gasteiger partial charge < -0.3 is 5.32 Å². The van der Waals surface area contributed by atoms with Crippen molar-refractivity contribution in [3.8, 4) is 0 Å². The molecule has 106 valence electrons. The Morgan fingerprint density at radius 2 is 2.05 bits per heavy atom. The summed E-state index contributed by atoms with van der Waals surface area (Å²) in [5.74, 6) is 0.0566. The topological polar surface area (TPSA) is 78.5 Å². The molecule has 1 spiro atoms. The van der Waals surface area contributed by atoms with Gasteiger partial charge in [0.15, 0.2) is 0 Å². The summed E-state index contributed by atoms with van der Waals surface area (Å²) in [4.78, 5) is 35.8. The Bertz CT molecular complexity index is 394. The van der Waals surface area contributed by atoms with Crippen LogP contribution in [-0.2, 0) is 9.59 Å². The third-order valence-corrected chi connectivity index (χ3v) is 4.25. The number of rotatable bonds is 4. The van der Waals surface area contributed by atoms with Crippen LogP contribution >= 0.6 is 11.8 Å². The van der Waals surface area contributed by atoms with E-state index in [-0.39, 0.29) is 11.8 Å². The molecule has 1 saturated heterocycles. The number of thioether (sulfide) groups is 1. The van der Waals surface area contributed by atoms with Gasteiger partial charge in [-0.25, -0.2) is 4.79 Å². The van der Waals surface area contributed by atoms with E-state index in [4.69, 9.17) is 0 Å². The van der Waals surface area contributed by atoms with Crippen molar-refractivity contribution in [3.63, 3.8) is 0 Å². The van der Waals surface area contributed by atoms with E-state index in [1.54, 1.807) is 11.8 Å². The van der Waals surface area contributed by atoms with E-state index in [9.17, 15) is 14.4 Å². The predicted octanol–water partition coefficient (Wildman–Crippen LogP) is 1.03. The van der Waals surface area contributed by atoms with E-state index in [0.717, 1.165) is 24.3 Å². The molecule has 1 saturated carbocycles. The van der Waals surface area contributed by atoms with Crippen LogP contribution in [-0.4, -0.2) is 40.4 Å². The van der Waals surface area contributed by atoms with E-state index in [1.165, 1.54) is 0 Å². The fourth-order valence-electron chi connectivity index (χ4n) is 2.59. The van der Waals surface area contributed by atoms with Gasteiger partial charge in [0.05, 0.1) is 0 Å². The summed E-state index contributed by atoms with van der Waals surface area (Å²) in [6, 6.07) is -0.510. The number of nitrogens with one attached hydrogen (secondary N) is 2. The van der Waals surface area contributed by atoms with Crippen molar-refractivity contribution in [1.82, 2.24) is 15.8 Å². The highest BCUT2D eigenvalue weighted by Crippen LogP contribution is 2.32. The van der Waals surface area contributed by atoms with Gasteiger partial charge in [0, 0.05) is 12.2 Å². The van der Waals surface area contributed by atoms with Crippen LogP contribution in [0.1, 0.15) is 38.5 Å². The second-order valence-corrected chi connectivity index (χ2v) is 5.98. The second kappa shape index (κ2) is 5.81. The number of hydrogen-bond acceptors (Lipinski definition) is 4. The number of imide groups is 1. The lowest BCUT2D eigenvalue weighted by Gasteiger charge is -2.30. The molecule has 0 aromatic heterocycles. The van der Waals surface area contributed by atoms with Crippen molar-refractivity contribution < 1.29 is 14.4 Å². The van der Waals surface area contributed by atoms with Crippen molar-refractivity contribution in [2.45, 2.75) is 44.1 Å². The molecule has 2 aliphatic rings. The van der Waals surface area contributed by atoms with Crippen LogP contribution in [0.15, 0.2) is 0 Å². The Morgan fingerprint density at radius 3 is 2.68 bits per heavy atom. The number of urea groups is 1. The summed E-state index contributed by atoms with van der Waals surface area (Å²) in [5, 5.41) is 3.60. The van der Waals surface area contributed by atoms with E-state index in [2.05, 4.69) is 10.7 Å². The monoisotopic (exact) mass is 285 g/mol. The average molecular weight is 285 g/mol. The summed E-state index contributed by atoms with van der Waals surface area (Å²) >= 11 is 1.55. The summed E-state index contributed by atoms with van der Waals surface area (Å²) in [7, 11) is 0. The van der Waals surface area contributed by atoms with Gasteiger partial charge >= 0.3 is 6.03 Å².